The van der Waals surface area contributed by atoms with Crippen molar-refractivity contribution >= 4 is 5.91 Å². The lowest BCUT2D eigenvalue weighted by molar-refractivity contribution is -0.123. The molecule has 1 amide bonds. The van der Waals surface area contributed by atoms with E-state index in [1.54, 1.807) is 6.08 Å². The van der Waals surface area contributed by atoms with E-state index in [2.05, 4.69) is 165 Å². The van der Waals surface area contributed by atoms with Gasteiger partial charge in [-0.2, -0.15) is 0 Å². The maximum Gasteiger partial charge on any atom is 0.220 e. The van der Waals surface area contributed by atoms with Gasteiger partial charge < -0.3 is 15.5 Å². The second-order valence-electron chi connectivity index (χ2n) is 18.3. The molecule has 2 atom stereocenters. The fourth-order valence-electron chi connectivity index (χ4n) is 7.49. The Hall–Kier alpha value is -3.99. The minimum absolute atomic E-state index is 0.0919. The van der Waals surface area contributed by atoms with Crippen LogP contribution in [0.3, 0.4) is 0 Å². The molecule has 0 spiro atoms. The predicted octanol–water partition coefficient (Wildman–Crippen LogP) is 19.0. The molecule has 4 nitrogen and oxygen atoms in total. The molecule has 0 aliphatic rings. The lowest BCUT2D eigenvalue weighted by Gasteiger charge is -2.19. The van der Waals surface area contributed by atoms with Crippen molar-refractivity contribution in [3.05, 3.63) is 158 Å². The number of rotatable bonds is 49. The highest BCUT2D eigenvalue weighted by molar-refractivity contribution is 5.76. The van der Waals surface area contributed by atoms with Gasteiger partial charge in [-0.15, -0.1) is 0 Å². The third-order valence-electron chi connectivity index (χ3n) is 11.7. The van der Waals surface area contributed by atoms with Crippen molar-refractivity contribution < 1.29 is 15.0 Å². The first-order valence-electron chi connectivity index (χ1n) is 28.2. The molecule has 0 aromatic carbocycles. The zero-order valence-electron chi connectivity index (χ0n) is 44.5. The van der Waals surface area contributed by atoms with E-state index < -0.39 is 12.1 Å². The molecule has 0 aromatic rings. The number of amides is 1. The number of nitrogens with one attached hydrogen (secondary N) is 1. The molecule has 2 unspecified atom stereocenters. The first kappa shape index (κ1) is 65.0. The molecular formula is C65H105NO3. The Bertz CT molecular complexity index is 1490. The number of allylic oxidation sites excluding steroid dienone is 25. The molecule has 0 radical (unpaired) electrons. The molecule has 0 aliphatic heterocycles. The highest BCUT2D eigenvalue weighted by atomic mass is 16.3. The molecule has 0 bridgehead atoms. The minimum Gasteiger partial charge on any atom is -0.394 e. The van der Waals surface area contributed by atoms with Crippen molar-refractivity contribution in [2.45, 2.75) is 238 Å². The summed E-state index contributed by atoms with van der Waals surface area (Å²) in [5, 5.41) is 23.1. The summed E-state index contributed by atoms with van der Waals surface area (Å²) in [6.07, 6.45) is 93.9. The van der Waals surface area contributed by atoms with Crippen molar-refractivity contribution in [1.29, 1.82) is 0 Å². The Labute approximate surface area is 426 Å². The molecule has 69 heavy (non-hydrogen) atoms. The molecule has 0 aliphatic carbocycles. The summed E-state index contributed by atoms with van der Waals surface area (Å²) in [6, 6.07) is -0.656. The number of carbonyl (C=O) groups is 1. The van der Waals surface area contributed by atoms with Crippen LogP contribution in [0, 0.1) is 0 Å². The number of aliphatic hydroxyl groups is 2. The maximum absolute atomic E-state index is 12.4. The lowest BCUT2D eigenvalue weighted by Crippen LogP contribution is -2.45. The summed E-state index contributed by atoms with van der Waals surface area (Å²) in [5.41, 5.74) is 0. The van der Waals surface area contributed by atoms with Gasteiger partial charge in [0, 0.05) is 6.42 Å². The van der Waals surface area contributed by atoms with E-state index in [0.717, 1.165) is 116 Å². The molecule has 0 aromatic heterocycles. The molecule has 0 saturated carbocycles. The van der Waals surface area contributed by atoms with Crippen molar-refractivity contribution in [3.63, 3.8) is 0 Å². The molecule has 0 rings (SSSR count). The van der Waals surface area contributed by atoms with Crippen LogP contribution < -0.4 is 5.32 Å². The maximum atomic E-state index is 12.4. The number of unbranched alkanes of at least 4 members (excludes halogenated alkanes) is 18. The van der Waals surface area contributed by atoms with Crippen LogP contribution in [0.2, 0.25) is 0 Å². The normalized spacial score (nSPS) is 14.1. The first-order valence-corrected chi connectivity index (χ1v) is 28.2. The van der Waals surface area contributed by atoms with E-state index in [0.29, 0.717) is 6.42 Å². The fourth-order valence-corrected chi connectivity index (χ4v) is 7.49. The number of hydrogen-bond acceptors (Lipinski definition) is 3. The van der Waals surface area contributed by atoms with Crippen LogP contribution in [-0.4, -0.2) is 34.9 Å². The molecule has 3 N–H and O–H groups in total. The van der Waals surface area contributed by atoms with E-state index in [4.69, 9.17) is 0 Å². The number of carbonyl (C=O) groups excluding carboxylic acids is 1. The number of aliphatic hydroxyl groups excluding tert-OH is 2. The van der Waals surface area contributed by atoms with E-state index in [1.807, 2.05) is 6.08 Å². The van der Waals surface area contributed by atoms with Crippen LogP contribution in [0.4, 0.5) is 0 Å². The fraction of sp³-hybridized carbons (Fsp3) is 0.585. The van der Waals surface area contributed by atoms with Crippen LogP contribution in [0.15, 0.2) is 158 Å². The third-order valence-corrected chi connectivity index (χ3v) is 11.7. The van der Waals surface area contributed by atoms with Crippen LogP contribution in [-0.2, 0) is 4.79 Å². The van der Waals surface area contributed by atoms with Crippen molar-refractivity contribution in [2.24, 2.45) is 0 Å². The quantitative estimate of drug-likeness (QED) is 0.0420. The van der Waals surface area contributed by atoms with Gasteiger partial charge in [0.2, 0.25) is 5.91 Å². The molecule has 0 heterocycles. The first-order chi connectivity index (χ1) is 34.2. The Morgan fingerprint density at radius 3 is 1.01 bits per heavy atom. The van der Waals surface area contributed by atoms with Crippen LogP contribution in [0.1, 0.15) is 226 Å². The second kappa shape index (κ2) is 58.3. The predicted molar refractivity (Wildman–Crippen MR) is 308 cm³/mol. The topological polar surface area (TPSA) is 69.6 Å². The van der Waals surface area contributed by atoms with Gasteiger partial charge in [0.25, 0.3) is 0 Å². The van der Waals surface area contributed by atoms with Crippen molar-refractivity contribution in [1.82, 2.24) is 5.32 Å². The van der Waals surface area contributed by atoms with E-state index in [9.17, 15) is 15.0 Å². The van der Waals surface area contributed by atoms with Gasteiger partial charge in [0.05, 0.1) is 18.8 Å². The van der Waals surface area contributed by atoms with Gasteiger partial charge in [-0.25, -0.2) is 0 Å². The summed E-state index contributed by atoms with van der Waals surface area (Å²) >= 11 is 0. The molecule has 388 valence electrons. The zero-order valence-corrected chi connectivity index (χ0v) is 44.5. The lowest BCUT2D eigenvalue weighted by atomic mass is 10.1. The summed E-state index contributed by atoms with van der Waals surface area (Å²) in [6.45, 7) is 4.16. The van der Waals surface area contributed by atoms with Gasteiger partial charge in [-0.05, 0) is 116 Å². The van der Waals surface area contributed by atoms with E-state index in [1.165, 1.54) is 89.9 Å². The summed E-state index contributed by atoms with van der Waals surface area (Å²) in [4.78, 5) is 12.4. The monoisotopic (exact) mass is 948 g/mol. The summed E-state index contributed by atoms with van der Waals surface area (Å²) < 4.78 is 0. The Balaban J connectivity index is 3.69. The standard InChI is InChI=1S/C65H105NO3/c1-3-5-7-9-11-13-15-17-19-21-22-23-24-25-26-27-28-29-30-31-32-33-34-35-36-37-38-39-40-41-42-43-44-45-47-49-51-53-55-57-59-61-65(69)66-63(62-67)64(68)60-58-56-54-52-50-48-46-20-18-16-14-12-10-8-6-4-2/h5,7,11,13,17,19,22-23,25-26,28-29,31-32,34-35,37-38,40-41,43-44,50,52,58,60,63-64,67-68H,3-4,6,8-10,12,14-16,18,20-21,24,27,30,33,36,39,42,45-49,51,53-57,59,61-62H2,1-2H3,(H,66,69)/b7-5-,13-11-,19-17-,23-22-,26-25-,29-28-,32-31-,35-34-,38-37-,41-40-,44-43-,52-50+,60-58+. The van der Waals surface area contributed by atoms with E-state index in [-0.39, 0.29) is 12.5 Å². The van der Waals surface area contributed by atoms with Crippen LogP contribution in [0.25, 0.3) is 0 Å². The highest BCUT2D eigenvalue weighted by Crippen LogP contribution is 2.13. The van der Waals surface area contributed by atoms with Gasteiger partial charge in [-0.3, -0.25) is 4.79 Å². The molecule has 0 saturated heterocycles. The summed E-state index contributed by atoms with van der Waals surface area (Å²) in [7, 11) is 0. The van der Waals surface area contributed by atoms with Gasteiger partial charge in [0.15, 0.2) is 0 Å². The van der Waals surface area contributed by atoms with Crippen LogP contribution >= 0.6 is 0 Å². The molecule has 4 heteroatoms. The van der Waals surface area contributed by atoms with Gasteiger partial charge >= 0.3 is 0 Å². The average molecular weight is 949 g/mol. The van der Waals surface area contributed by atoms with E-state index >= 15 is 0 Å². The Kier molecular flexibility index (Phi) is 55.0. The van der Waals surface area contributed by atoms with Gasteiger partial charge in [-0.1, -0.05) is 262 Å². The Morgan fingerprint density at radius 1 is 0.362 bits per heavy atom. The summed E-state index contributed by atoms with van der Waals surface area (Å²) in [5.74, 6) is -0.0919. The second-order valence-corrected chi connectivity index (χ2v) is 18.3. The number of hydrogen-bond donors (Lipinski definition) is 3. The largest absolute Gasteiger partial charge is 0.394 e. The van der Waals surface area contributed by atoms with Crippen molar-refractivity contribution in [3.8, 4) is 0 Å². The Morgan fingerprint density at radius 2 is 0.652 bits per heavy atom. The molecular weight excluding hydrogens is 843 g/mol. The van der Waals surface area contributed by atoms with Crippen molar-refractivity contribution in [2.75, 3.05) is 6.61 Å². The highest BCUT2D eigenvalue weighted by Gasteiger charge is 2.17. The smallest absolute Gasteiger partial charge is 0.220 e. The third kappa shape index (κ3) is 54.8. The SMILES string of the molecule is CC/C=C\C/C=C\C/C=C\C/C=C\C/C=C\C/C=C\C/C=C\C/C=C\C/C=C\C/C=C\C/C=C\CCCCCCCCCC(=O)NC(CO)C(O)/C=C/CC/C=C/CCCCCCCCCCCC. The average Bonchev–Trinajstić information content (AvgIpc) is 3.35. The minimum atomic E-state index is -0.878. The van der Waals surface area contributed by atoms with Crippen LogP contribution in [0.5, 0.6) is 0 Å². The van der Waals surface area contributed by atoms with Gasteiger partial charge in [0.1, 0.15) is 0 Å². The zero-order chi connectivity index (χ0) is 49.9. The molecule has 0 fully saturated rings.